The number of hydrogen-bond donors (Lipinski definition) is 9. The Bertz CT molecular complexity index is 1440. The normalized spacial score (nSPS) is 32.1. The van der Waals surface area contributed by atoms with E-state index in [1.807, 2.05) is 0 Å². The van der Waals surface area contributed by atoms with Crippen LogP contribution in [0.1, 0.15) is 0 Å². The highest BCUT2D eigenvalue weighted by Gasteiger charge is 2.45. The quantitative estimate of drug-likeness (QED) is 0.151. The summed E-state index contributed by atoms with van der Waals surface area (Å²) in [6.07, 6.45) is -14.1. The van der Waals surface area contributed by atoms with E-state index in [-0.39, 0.29) is 34.6 Å². The first kappa shape index (κ1) is 29.0. The molecule has 2 aliphatic heterocycles. The summed E-state index contributed by atoms with van der Waals surface area (Å²) < 4.78 is 27.6. The fraction of sp³-hybridized carbons (Fsp3) is 0.423. The van der Waals surface area contributed by atoms with Gasteiger partial charge in [0.1, 0.15) is 70.9 Å². The number of phenolic OH excluding ortho intramolecular Hbond substituents is 2. The van der Waals surface area contributed by atoms with E-state index in [1.54, 1.807) is 0 Å². The largest absolute Gasteiger partial charge is 0.508 e. The van der Waals surface area contributed by atoms with Gasteiger partial charge in [-0.05, 0) is 24.3 Å². The third-order valence-corrected chi connectivity index (χ3v) is 6.82. The Labute approximate surface area is 230 Å². The first-order chi connectivity index (χ1) is 19.5. The van der Waals surface area contributed by atoms with Crippen LogP contribution in [0, 0.1) is 0 Å². The average molecular weight is 580 g/mol. The Hall–Kier alpha value is -3.51. The minimum atomic E-state index is -1.87. The first-order valence-electron chi connectivity index (χ1n) is 12.4. The van der Waals surface area contributed by atoms with Gasteiger partial charge in [-0.25, -0.2) is 0 Å². The van der Waals surface area contributed by atoms with Gasteiger partial charge >= 0.3 is 0 Å². The van der Waals surface area contributed by atoms with Gasteiger partial charge in [0.15, 0.2) is 5.76 Å². The number of aliphatic hydroxyl groups excluding tert-OH is 7. The van der Waals surface area contributed by atoms with E-state index in [0.717, 1.165) is 12.1 Å². The molecule has 15 nitrogen and oxygen atoms in total. The second-order valence-corrected chi connectivity index (χ2v) is 9.64. The molecule has 0 radical (unpaired) electrons. The number of hydrogen-bond acceptors (Lipinski definition) is 15. The summed E-state index contributed by atoms with van der Waals surface area (Å²) in [7, 11) is 0. The van der Waals surface area contributed by atoms with E-state index >= 15 is 0 Å². The zero-order chi connectivity index (χ0) is 29.6. The summed E-state index contributed by atoms with van der Waals surface area (Å²) in [5, 5.41) is 89.6. The Kier molecular flexibility index (Phi) is 8.06. The molecule has 41 heavy (non-hydrogen) atoms. The second-order valence-electron chi connectivity index (χ2n) is 9.64. The van der Waals surface area contributed by atoms with Gasteiger partial charge in [-0.3, -0.25) is 4.79 Å². The highest BCUT2D eigenvalue weighted by Crippen LogP contribution is 2.37. The lowest BCUT2D eigenvalue weighted by molar-refractivity contribution is -0.277. The van der Waals surface area contributed by atoms with Crippen molar-refractivity contribution in [3.8, 4) is 34.3 Å². The molecule has 2 aromatic carbocycles. The molecule has 2 saturated heterocycles. The lowest BCUT2D eigenvalue weighted by Gasteiger charge is -2.39. The molecule has 3 heterocycles. The fourth-order valence-electron chi connectivity index (χ4n) is 4.55. The molecule has 0 saturated carbocycles. The molecular formula is C26H28O15. The molecule has 2 aliphatic rings. The van der Waals surface area contributed by atoms with Crippen LogP contribution in [0.4, 0.5) is 0 Å². The van der Waals surface area contributed by atoms with Crippen molar-refractivity contribution in [3.05, 3.63) is 46.6 Å². The lowest BCUT2D eigenvalue weighted by atomic mass is 9.99. The van der Waals surface area contributed by atoms with Crippen molar-refractivity contribution in [3.63, 3.8) is 0 Å². The predicted molar refractivity (Wildman–Crippen MR) is 134 cm³/mol. The number of phenols is 2. The number of fused-ring (bicyclic) bond motifs is 1. The van der Waals surface area contributed by atoms with Crippen LogP contribution in [-0.4, -0.2) is 114 Å². The standard InChI is InChI=1S/C26H28O15/c27-7-15-18(32)20(34)22(36)26(40-15)41-24-19(33)16-12(29)5-10(28)6-14(16)39-23(24)9-1-3-11(4-2-9)38-25-21(35)17(31)13(30)8-37-25/h1-6,13,15,17-18,20-22,25-32,34-36H,7-8H2/t13-,15-,17+,18-,20+,21-,22-,25+,26+/m1/s1. The first-order valence-corrected chi connectivity index (χ1v) is 12.4. The summed E-state index contributed by atoms with van der Waals surface area (Å²) in [5.41, 5.74) is -0.989. The molecule has 3 aromatic rings. The predicted octanol–water partition coefficient (Wildman–Crippen LogP) is -2.13. The average Bonchev–Trinajstić information content (AvgIpc) is 2.94. The van der Waals surface area contributed by atoms with E-state index in [1.165, 1.54) is 24.3 Å². The molecule has 5 rings (SSSR count). The Morgan fingerprint density at radius 2 is 1.51 bits per heavy atom. The summed E-state index contributed by atoms with van der Waals surface area (Å²) in [4.78, 5) is 13.5. The van der Waals surface area contributed by atoms with Crippen molar-refractivity contribution in [1.29, 1.82) is 0 Å². The summed E-state index contributed by atoms with van der Waals surface area (Å²) in [5.74, 6) is -1.74. The van der Waals surface area contributed by atoms with Crippen molar-refractivity contribution >= 4 is 11.0 Å². The Morgan fingerprint density at radius 1 is 0.829 bits per heavy atom. The zero-order valence-corrected chi connectivity index (χ0v) is 21.0. The monoisotopic (exact) mass is 580 g/mol. The number of aromatic hydroxyl groups is 2. The van der Waals surface area contributed by atoms with Gasteiger partial charge in [-0.2, -0.15) is 0 Å². The molecule has 0 spiro atoms. The minimum absolute atomic E-state index is 0.149. The van der Waals surface area contributed by atoms with Gasteiger partial charge in [0, 0.05) is 17.7 Å². The molecule has 0 bridgehead atoms. The van der Waals surface area contributed by atoms with Crippen molar-refractivity contribution in [2.75, 3.05) is 13.2 Å². The molecule has 9 atom stereocenters. The van der Waals surface area contributed by atoms with Crippen LogP contribution in [-0.2, 0) is 9.47 Å². The van der Waals surface area contributed by atoms with E-state index in [0.29, 0.717) is 0 Å². The topological polar surface area (TPSA) is 249 Å². The van der Waals surface area contributed by atoms with Gasteiger partial charge in [0.2, 0.25) is 23.8 Å². The maximum Gasteiger partial charge on any atom is 0.239 e. The maximum atomic E-state index is 13.5. The molecule has 0 unspecified atom stereocenters. The molecule has 2 fully saturated rings. The van der Waals surface area contributed by atoms with E-state index in [9.17, 15) is 50.8 Å². The van der Waals surface area contributed by atoms with Crippen LogP contribution in [0.3, 0.4) is 0 Å². The third-order valence-electron chi connectivity index (χ3n) is 6.82. The molecule has 0 aliphatic carbocycles. The van der Waals surface area contributed by atoms with E-state index in [4.69, 9.17) is 23.4 Å². The maximum absolute atomic E-state index is 13.5. The molecule has 15 heteroatoms. The van der Waals surface area contributed by atoms with Crippen LogP contribution in [0.2, 0.25) is 0 Å². The smallest absolute Gasteiger partial charge is 0.239 e. The van der Waals surface area contributed by atoms with Crippen LogP contribution in [0.5, 0.6) is 23.0 Å². The third kappa shape index (κ3) is 5.42. The lowest BCUT2D eigenvalue weighted by Crippen LogP contribution is -2.60. The van der Waals surface area contributed by atoms with Crippen LogP contribution < -0.4 is 14.9 Å². The van der Waals surface area contributed by atoms with E-state index < -0.39 is 84.6 Å². The van der Waals surface area contributed by atoms with Crippen molar-refractivity contribution in [2.45, 2.75) is 55.3 Å². The summed E-state index contributed by atoms with van der Waals surface area (Å²) >= 11 is 0. The highest BCUT2D eigenvalue weighted by molar-refractivity contribution is 5.88. The SMILES string of the molecule is O=c1c(O[C@@H]2O[C@H](CO)[C@@H](O)[C@H](O)[C@H]2O)c(-c2ccc(O[C@@H]3OC[C@@H](O)[C@H](O)[C@H]3O)cc2)oc2cc(O)cc(O)c12. The number of aliphatic hydroxyl groups is 7. The zero-order valence-electron chi connectivity index (χ0n) is 21.0. The summed E-state index contributed by atoms with van der Waals surface area (Å²) in [6, 6.07) is 7.58. The van der Waals surface area contributed by atoms with Crippen LogP contribution in [0.25, 0.3) is 22.3 Å². The van der Waals surface area contributed by atoms with E-state index in [2.05, 4.69) is 0 Å². The number of rotatable bonds is 6. The van der Waals surface area contributed by atoms with Gasteiger partial charge < -0.3 is 69.3 Å². The Balaban J connectivity index is 1.52. The van der Waals surface area contributed by atoms with Crippen molar-refractivity contribution in [2.24, 2.45) is 0 Å². The Morgan fingerprint density at radius 3 is 2.20 bits per heavy atom. The van der Waals surface area contributed by atoms with Gasteiger partial charge in [0.25, 0.3) is 0 Å². The van der Waals surface area contributed by atoms with Gasteiger partial charge in [-0.15, -0.1) is 0 Å². The van der Waals surface area contributed by atoms with Crippen LogP contribution >= 0.6 is 0 Å². The second kappa shape index (κ2) is 11.4. The van der Waals surface area contributed by atoms with Crippen LogP contribution in [0.15, 0.2) is 45.6 Å². The molecular weight excluding hydrogens is 552 g/mol. The molecule has 1 aromatic heterocycles. The number of benzene rings is 2. The summed E-state index contributed by atoms with van der Waals surface area (Å²) in [6.45, 7) is -1.03. The molecule has 222 valence electrons. The van der Waals surface area contributed by atoms with Gasteiger partial charge in [0.05, 0.1) is 13.2 Å². The molecule has 9 N–H and O–H groups in total. The molecule has 0 amide bonds. The fourth-order valence-corrected chi connectivity index (χ4v) is 4.55. The highest BCUT2D eigenvalue weighted by atomic mass is 16.7. The van der Waals surface area contributed by atoms with Crippen molar-refractivity contribution in [1.82, 2.24) is 0 Å². The van der Waals surface area contributed by atoms with Gasteiger partial charge in [-0.1, -0.05) is 0 Å². The number of ether oxygens (including phenoxy) is 4. The van der Waals surface area contributed by atoms with Crippen molar-refractivity contribution < 1.29 is 69.3 Å². The minimum Gasteiger partial charge on any atom is -0.508 e.